The van der Waals surface area contributed by atoms with Crippen LogP contribution in [0.4, 0.5) is 5.82 Å². The fourth-order valence-electron chi connectivity index (χ4n) is 4.00. The number of carbonyl (C=O) groups excluding carboxylic acids is 1. The SMILES string of the molecule is O=C(Nc1ccccn1)C1(NNCc2ccc(OCc3ccccc3)cc2)CCCCC1. The number of hydrogen-bond donors (Lipinski definition) is 3. The number of hydrazine groups is 1. The summed E-state index contributed by atoms with van der Waals surface area (Å²) in [6.07, 6.45) is 6.48. The number of ether oxygens (including phenoxy) is 1. The van der Waals surface area contributed by atoms with Gasteiger partial charge in [0.1, 0.15) is 23.7 Å². The summed E-state index contributed by atoms with van der Waals surface area (Å²) in [6, 6.07) is 23.7. The molecule has 1 heterocycles. The van der Waals surface area contributed by atoms with E-state index in [9.17, 15) is 4.79 Å². The van der Waals surface area contributed by atoms with Gasteiger partial charge in [-0.15, -0.1) is 0 Å². The van der Waals surface area contributed by atoms with E-state index in [0.29, 0.717) is 19.0 Å². The van der Waals surface area contributed by atoms with E-state index in [1.165, 1.54) is 0 Å². The van der Waals surface area contributed by atoms with Crippen LogP contribution in [-0.2, 0) is 17.9 Å². The van der Waals surface area contributed by atoms with Crippen LogP contribution in [0.15, 0.2) is 79.0 Å². The molecule has 166 valence electrons. The maximum Gasteiger partial charge on any atom is 0.247 e. The summed E-state index contributed by atoms with van der Waals surface area (Å²) in [7, 11) is 0. The number of benzene rings is 2. The zero-order valence-corrected chi connectivity index (χ0v) is 18.2. The molecule has 32 heavy (non-hydrogen) atoms. The Kier molecular flexibility index (Phi) is 7.48. The Morgan fingerprint density at radius 3 is 2.34 bits per heavy atom. The van der Waals surface area contributed by atoms with Crippen molar-refractivity contribution >= 4 is 11.7 Å². The van der Waals surface area contributed by atoms with Crippen molar-refractivity contribution < 1.29 is 9.53 Å². The molecule has 0 aliphatic heterocycles. The van der Waals surface area contributed by atoms with Crippen LogP contribution in [0.25, 0.3) is 0 Å². The third kappa shape index (κ3) is 5.93. The van der Waals surface area contributed by atoms with Crippen LogP contribution in [0.5, 0.6) is 5.75 Å². The van der Waals surface area contributed by atoms with E-state index >= 15 is 0 Å². The number of pyridine rings is 1. The summed E-state index contributed by atoms with van der Waals surface area (Å²) in [5.41, 5.74) is 8.25. The maximum absolute atomic E-state index is 13.1. The van der Waals surface area contributed by atoms with Crippen LogP contribution < -0.4 is 20.9 Å². The Morgan fingerprint density at radius 1 is 0.875 bits per heavy atom. The number of aromatic nitrogens is 1. The van der Waals surface area contributed by atoms with E-state index in [4.69, 9.17) is 4.74 Å². The Labute approximate surface area is 189 Å². The van der Waals surface area contributed by atoms with Gasteiger partial charge in [-0.2, -0.15) is 0 Å². The van der Waals surface area contributed by atoms with E-state index in [0.717, 1.165) is 49.0 Å². The Morgan fingerprint density at radius 2 is 1.62 bits per heavy atom. The zero-order chi connectivity index (χ0) is 22.1. The molecule has 0 unspecified atom stereocenters. The summed E-state index contributed by atoms with van der Waals surface area (Å²) < 4.78 is 5.86. The van der Waals surface area contributed by atoms with E-state index in [1.54, 1.807) is 6.20 Å². The number of rotatable bonds is 9. The molecule has 0 bridgehead atoms. The topological polar surface area (TPSA) is 75.3 Å². The van der Waals surface area contributed by atoms with Crippen LogP contribution in [0.1, 0.15) is 43.2 Å². The molecule has 0 saturated heterocycles. The third-order valence-corrected chi connectivity index (χ3v) is 5.84. The monoisotopic (exact) mass is 430 g/mol. The maximum atomic E-state index is 13.1. The molecular weight excluding hydrogens is 400 g/mol. The van der Waals surface area contributed by atoms with Crippen molar-refractivity contribution in [2.24, 2.45) is 0 Å². The third-order valence-electron chi connectivity index (χ3n) is 5.84. The van der Waals surface area contributed by atoms with Crippen molar-refractivity contribution in [3.8, 4) is 5.75 Å². The second kappa shape index (κ2) is 10.9. The van der Waals surface area contributed by atoms with Crippen LogP contribution in [0, 0.1) is 0 Å². The van der Waals surface area contributed by atoms with Crippen molar-refractivity contribution in [3.05, 3.63) is 90.1 Å². The molecule has 0 radical (unpaired) electrons. The lowest BCUT2D eigenvalue weighted by atomic mass is 9.81. The first-order chi connectivity index (χ1) is 15.7. The predicted molar refractivity (Wildman–Crippen MR) is 126 cm³/mol. The minimum atomic E-state index is -0.630. The Balaban J connectivity index is 1.30. The molecule has 4 rings (SSSR count). The van der Waals surface area contributed by atoms with Crippen molar-refractivity contribution in [3.63, 3.8) is 0 Å². The van der Waals surface area contributed by atoms with Crippen LogP contribution in [0.2, 0.25) is 0 Å². The standard InChI is InChI=1S/C26H30N4O2/c31-25(29-24-11-5-8-18-27-24)26(16-6-2-7-17-26)30-28-19-21-12-14-23(15-13-21)32-20-22-9-3-1-4-10-22/h1,3-5,8-15,18,28,30H,2,6-7,16-17,19-20H2,(H,27,29,31). The number of amides is 1. The number of carbonyl (C=O) groups is 1. The molecule has 2 aromatic carbocycles. The lowest BCUT2D eigenvalue weighted by Crippen LogP contribution is -2.60. The van der Waals surface area contributed by atoms with Gasteiger partial charge in [0.05, 0.1) is 0 Å². The summed E-state index contributed by atoms with van der Waals surface area (Å²) in [4.78, 5) is 17.3. The molecule has 1 aliphatic carbocycles. The van der Waals surface area contributed by atoms with Crippen molar-refractivity contribution in [2.45, 2.75) is 50.8 Å². The van der Waals surface area contributed by atoms with Crippen LogP contribution in [-0.4, -0.2) is 16.4 Å². The van der Waals surface area contributed by atoms with Gasteiger partial charge >= 0.3 is 0 Å². The highest BCUT2D eigenvalue weighted by molar-refractivity contribution is 5.97. The zero-order valence-electron chi connectivity index (χ0n) is 18.2. The lowest BCUT2D eigenvalue weighted by molar-refractivity contribution is -0.124. The average Bonchev–Trinajstić information content (AvgIpc) is 2.85. The van der Waals surface area contributed by atoms with Gasteiger partial charge in [0.15, 0.2) is 0 Å². The molecule has 3 N–H and O–H groups in total. The molecule has 1 saturated carbocycles. The van der Waals surface area contributed by atoms with Gasteiger partial charge in [0.2, 0.25) is 5.91 Å². The highest BCUT2D eigenvalue weighted by Gasteiger charge is 2.39. The number of nitrogens with zero attached hydrogens (tertiary/aromatic N) is 1. The molecule has 1 aliphatic rings. The van der Waals surface area contributed by atoms with Gasteiger partial charge < -0.3 is 10.1 Å². The summed E-state index contributed by atoms with van der Waals surface area (Å²) in [6.45, 7) is 1.16. The Bertz CT molecular complexity index is 972. The minimum Gasteiger partial charge on any atom is -0.489 e. The van der Waals surface area contributed by atoms with E-state index in [2.05, 4.69) is 33.3 Å². The number of hydrogen-bond acceptors (Lipinski definition) is 5. The first-order valence-corrected chi connectivity index (χ1v) is 11.2. The van der Waals surface area contributed by atoms with Gasteiger partial charge in [0.25, 0.3) is 0 Å². The molecule has 0 spiro atoms. The number of anilines is 1. The summed E-state index contributed by atoms with van der Waals surface area (Å²) in [5.74, 6) is 1.38. The summed E-state index contributed by atoms with van der Waals surface area (Å²) >= 11 is 0. The second-order valence-electron chi connectivity index (χ2n) is 8.21. The van der Waals surface area contributed by atoms with Crippen molar-refractivity contribution in [2.75, 3.05) is 5.32 Å². The molecule has 6 heteroatoms. The fourth-order valence-corrected chi connectivity index (χ4v) is 4.00. The Hall–Kier alpha value is -3.22. The average molecular weight is 431 g/mol. The first kappa shape index (κ1) is 22.0. The normalized spacial score (nSPS) is 15.1. The predicted octanol–water partition coefficient (Wildman–Crippen LogP) is 4.60. The molecule has 1 aromatic heterocycles. The van der Waals surface area contributed by atoms with Crippen molar-refractivity contribution in [1.29, 1.82) is 0 Å². The van der Waals surface area contributed by atoms with Crippen LogP contribution >= 0.6 is 0 Å². The van der Waals surface area contributed by atoms with Gasteiger partial charge in [-0.3, -0.25) is 10.2 Å². The van der Waals surface area contributed by atoms with Gasteiger partial charge in [-0.25, -0.2) is 10.4 Å². The van der Waals surface area contributed by atoms with E-state index < -0.39 is 5.54 Å². The fraction of sp³-hybridized carbons (Fsp3) is 0.308. The summed E-state index contributed by atoms with van der Waals surface area (Å²) in [5, 5.41) is 2.97. The quantitative estimate of drug-likeness (QED) is 0.433. The van der Waals surface area contributed by atoms with Crippen LogP contribution in [0.3, 0.4) is 0 Å². The van der Waals surface area contributed by atoms with E-state index in [-0.39, 0.29) is 5.91 Å². The number of nitrogens with one attached hydrogen (secondary N) is 3. The molecular formula is C26H30N4O2. The lowest BCUT2D eigenvalue weighted by Gasteiger charge is -2.36. The minimum absolute atomic E-state index is 0.0342. The smallest absolute Gasteiger partial charge is 0.247 e. The largest absolute Gasteiger partial charge is 0.489 e. The van der Waals surface area contributed by atoms with Gasteiger partial charge in [-0.05, 0) is 48.2 Å². The first-order valence-electron chi connectivity index (χ1n) is 11.2. The molecule has 1 fully saturated rings. The molecule has 0 atom stereocenters. The molecule has 1 amide bonds. The highest BCUT2D eigenvalue weighted by atomic mass is 16.5. The molecule has 6 nitrogen and oxygen atoms in total. The van der Waals surface area contributed by atoms with E-state index in [1.807, 2.05) is 60.7 Å². The second-order valence-corrected chi connectivity index (χ2v) is 8.21. The van der Waals surface area contributed by atoms with Crippen molar-refractivity contribution in [1.82, 2.24) is 15.8 Å². The van der Waals surface area contributed by atoms with Gasteiger partial charge in [-0.1, -0.05) is 67.8 Å². The highest BCUT2D eigenvalue weighted by Crippen LogP contribution is 2.29. The van der Waals surface area contributed by atoms with Gasteiger partial charge in [0, 0.05) is 12.7 Å². The molecule has 3 aromatic rings.